The molecule has 0 aliphatic heterocycles. The molecule has 0 heterocycles. The van der Waals surface area contributed by atoms with Gasteiger partial charge >= 0.3 is 0 Å². The monoisotopic (exact) mass is 210 g/mol. The van der Waals surface area contributed by atoms with Crippen molar-refractivity contribution in [2.75, 3.05) is 0 Å². The lowest BCUT2D eigenvalue weighted by Crippen LogP contribution is -2.17. The normalized spacial score (nSPS) is 16.7. The second-order valence-corrected chi connectivity index (χ2v) is 6.84. The van der Waals surface area contributed by atoms with E-state index in [1.807, 2.05) is 0 Å². The standard InChI is InChI=1S/C15H30/c1-9-13(15(6,7)8)11-10-12(2)14(3,4)5/h11-12H,9-10H2,1-8H3/b13-11+. The fourth-order valence-corrected chi connectivity index (χ4v) is 1.65. The van der Waals surface area contributed by atoms with Crippen molar-refractivity contribution >= 4 is 0 Å². The van der Waals surface area contributed by atoms with E-state index < -0.39 is 0 Å². The minimum absolute atomic E-state index is 0.340. The molecule has 0 N–H and O–H groups in total. The molecule has 0 aromatic rings. The van der Waals surface area contributed by atoms with Crippen LogP contribution in [0.25, 0.3) is 0 Å². The average molecular weight is 210 g/mol. The van der Waals surface area contributed by atoms with E-state index in [0.717, 1.165) is 5.92 Å². The molecule has 0 heteroatoms. The molecule has 0 aromatic carbocycles. The Morgan fingerprint density at radius 3 is 1.80 bits per heavy atom. The van der Waals surface area contributed by atoms with Gasteiger partial charge in [-0.15, -0.1) is 0 Å². The maximum absolute atomic E-state index is 2.47. The summed E-state index contributed by atoms with van der Waals surface area (Å²) in [7, 11) is 0. The fraction of sp³-hybridized carbons (Fsp3) is 0.867. The Hall–Kier alpha value is -0.260. The molecule has 90 valence electrons. The summed E-state index contributed by atoms with van der Waals surface area (Å²) >= 11 is 0. The van der Waals surface area contributed by atoms with Gasteiger partial charge in [-0.25, -0.2) is 0 Å². The van der Waals surface area contributed by atoms with E-state index >= 15 is 0 Å². The van der Waals surface area contributed by atoms with Crippen LogP contribution >= 0.6 is 0 Å². The lowest BCUT2D eigenvalue weighted by molar-refractivity contribution is 0.262. The van der Waals surface area contributed by atoms with Crippen molar-refractivity contribution in [2.45, 2.75) is 68.2 Å². The zero-order chi connectivity index (χ0) is 12.3. The molecule has 0 rings (SSSR count). The van der Waals surface area contributed by atoms with Gasteiger partial charge in [0.2, 0.25) is 0 Å². The van der Waals surface area contributed by atoms with E-state index in [-0.39, 0.29) is 0 Å². The van der Waals surface area contributed by atoms with Gasteiger partial charge in [-0.3, -0.25) is 0 Å². The Morgan fingerprint density at radius 2 is 1.53 bits per heavy atom. The van der Waals surface area contributed by atoms with Gasteiger partial charge in [0, 0.05) is 0 Å². The molecular weight excluding hydrogens is 180 g/mol. The molecule has 1 unspecified atom stereocenters. The number of allylic oxidation sites excluding steroid dienone is 2. The summed E-state index contributed by atoms with van der Waals surface area (Å²) < 4.78 is 0. The molecule has 0 bridgehead atoms. The summed E-state index contributed by atoms with van der Waals surface area (Å²) in [6, 6.07) is 0. The van der Waals surface area contributed by atoms with Crippen molar-refractivity contribution in [3.63, 3.8) is 0 Å². The van der Waals surface area contributed by atoms with Crippen LogP contribution in [0.5, 0.6) is 0 Å². The molecule has 0 aromatic heterocycles. The van der Waals surface area contributed by atoms with Gasteiger partial charge in [0.25, 0.3) is 0 Å². The first kappa shape index (κ1) is 14.7. The van der Waals surface area contributed by atoms with Crippen LogP contribution in [0.15, 0.2) is 11.6 Å². The van der Waals surface area contributed by atoms with E-state index in [2.05, 4.69) is 61.5 Å². The van der Waals surface area contributed by atoms with Gasteiger partial charge in [-0.2, -0.15) is 0 Å². The van der Waals surface area contributed by atoms with Crippen LogP contribution < -0.4 is 0 Å². The molecule has 0 amide bonds. The van der Waals surface area contributed by atoms with E-state index in [0.29, 0.717) is 10.8 Å². The van der Waals surface area contributed by atoms with Crippen molar-refractivity contribution in [3.05, 3.63) is 11.6 Å². The maximum atomic E-state index is 2.47. The van der Waals surface area contributed by atoms with Gasteiger partial charge in [0.05, 0.1) is 0 Å². The first-order valence-electron chi connectivity index (χ1n) is 6.28. The highest BCUT2D eigenvalue weighted by molar-refractivity contribution is 5.10. The fourth-order valence-electron chi connectivity index (χ4n) is 1.65. The molecule has 1 atom stereocenters. The first-order valence-corrected chi connectivity index (χ1v) is 6.28. The van der Waals surface area contributed by atoms with Crippen LogP contribution in [0.2, 0.25) is 0 Å². The minimum atomic E-state index is 0.340. The summed E-state index contributed by atoms with van der Waals surface area (Å²) in [6.45, 7) is 18.5. The van der Waals surface area contributed by atoms with Gasteiger partial charge in [-0.05, 0) is 29.6 Å². The van der Waals surface area contributed by atoms with Crippen molar-refractivity contribution in [1.29, 1.82) is 0 Å². The molecule has 0 nitrogen and oxygen atoms in total. The quantitative estimate of drug-likeness (QED) is 0.544. The molecule has 0 saturated carbocycles. The van der Waals surface area contributed by atoms with E-state index in [9.17, 15) is 0 Å². The molecule has 0 aliphatic rings. The SMILES string of the molecule is CC/C(=C\CC(C)C(C)(C)C)C(C)(C)C. The van der Waals surface area contributed by atoms with E-state index in [1.165, 1.54) is 12.8 Å². The molecule has 0 radical (unpaired) electrons. The summed E-state index contributed by atoms with van der Waals surface area (Å²) in [5, 5.41) is 0. The van der Waals surface area contributed by atoms with Crippen LogP contribution in [0.4, 0.5) is 0 Å². The van der Waals surface area contributed by atoms with Crippen molar-refractivity contribution in [2.24, 2.45) is 16.7 Å². The molecule has 0 spiro atoms. The third kappa shape index (κ3) is 5.39. The third-order valence-electron chi connectivity index (χ3n) is 3.54. The highest BCUT2D eigenvalue weighted by Crippen LogP contribution is 2.32. The average Bonchev–Trinajstić information content (AvgIpc) is 2.00. The third-order valence-corrected chi connectivity index (χ3v) is 3.54. The molecule has 0 saturated heterocycles. The molecular formula is C15H30. The smallest absolute Gasteiger partial charge is 0.0173 e. The Bertz CT molecular complexity index is 207. The highest BCUT2D eigenvalue weighted by atomic mass is 14.3. The van der Waals surface area contributed by atoms with Gasteiger partial charge in [-0.1, -0.05) is 67.0 Å². The van der Waals surface area contributed by atoms with E-state index in [1.54, 1.807) is 5.57 Å². The highest BCUT2D eigenvalue weighted by Gasteiger charge is 2.20. The topological polar surface area (TPSA) is 0 Å². The second kappa shape index (κ2) is 5.18. The van der Waals surface area contributed by atoms with Crippen LogP contribution in [-0.2, 0) is 0 Å². The molecule has 0 aliphatic carbocycles. The molecule has 15 heavy (non-hydrogen) atoms. The zero-order valence-electron chi connectivity index (χ0n) is 12.1. The Kier molecular flexibility index (Phi) is 5.09. The van der Waals surface area contributed by atoms with Crippen LogP contribution in [0.1, 0.15) is 68.2 Å². The summed E-state index contributed by atoms with van der Waals surface area (Å²) in [6.07, 6.45) is 4.86. The van der Waals surface area contributed by atoms with Crippen molar-refractivity contribution in [1.82, 2.24) is 0 Å². The van der Waals surface area contributed by atoms with E-state index in [4.69, 9.17) is 0 Å². The summed E-state index contributed by atoms with van der Waals surface area (Å²) in [5.74, 6) is 0.751. The van der Waals surface area contributed by atoms with Crippen LogP contribution in [-0.4, -0.2) is 0 Å². The van der Waals surface area contributed by atoms with Crippen molar-refractivity contribution < 1.29 is 0 Å². The maximum Gasteiger partial charge on any atom is -0.0173 e. The summed E-state index contributed by atoms with van der Waals surface area (Å²) in [4.78, 5) is 0. The van der Waals surface area contributed by atoms with Crippen LogP contribution in [0, 0.1) is 16.7 Å². The lowest BCUT2D eigenvalue weighted by Gasteiger charge is -2.28. The molecule has 0 fully saturated rings. The minimum Gasteiger partial charge on any atom is -0.0845 e. The van der Waals surface area contributed by atoms with Gasteiger partial charge < -0.3 is 0 Å². The summed E-state index contributed by atoms with van der Waals surface area (Å²) in [5.41, 5.74) is 2.36. The van der Waals surface area contributed by atoms with Gasteiger partial charge in [0.1, 0.15) is 0 Å². The van der Waals surface area contributed by atoms with Crippen LogP contribution in [0.3, 0.4) is 0 Å². The predicted molar refractivity (Wildman–Crippen MR) is 71.1 cm³/mol. The number of rotatable bonds is 3. The predicted octanol–water partition coefficient (Wildman–Crippen LogP) is 5.44. The zero-order valence-corrected chi connectivity index (χ0v) is 12.1. The Morgan fingerprint density at radius 1 is 1.07 bits per heavy atom. The largest absolute Gasteiger partial charge is 0.0845 e. The number of hydrogen-bond donors (Lipinski definition) is 0. The Balaban J connectivity index is 4.50. The lowest BCUT2D eigenvalue weighted by atomic mass is 9.78. The van der Waals surface area contributed by atoms with Crippen molar-refractivity contribution in [3.8, 4) is 0 Å². The van der Waals surface area contributed by atoms with Gasteiger partial charge in [0.15, 0.2) is 0 Å². The first-order chi connectivity index (χ1) is 6.59. The second-order valence-electron chi connectivity index (χ2n) is 6.84. The number of hydrogen-bond acceptors (Lipinski definition) is 0. The Labute approximate surface area is 97.2 Å².